The third kappa shape index (κ3) is 13.2. The Kier molecular flexibility index (Phi) is 18.7. The monoisotopic (exact) mass is 1100 g/mol. The number of carbonyl (C=O) groups excluding carboxylic acids is 6. The number of morpholine rings is 1. The summed E-state index contributed by atoms with van der Waals surface area (Å²) in [4.78, 5) is 91.9. The number of fused-ring (bicyclic) bond motifs is 2. The van der Waals surface area contributed by atoms with Gasteiger partial charge in [0.1, 0.15) is 35.0 Å². The van der Waals surface area contributed by atoms with Gasteiger partial charge in [-0.1, -0.05) is 56.3 Å². The van der Waals surface area contributed by atoms with Crippen LogP contribution in [-0.2, 0) is 56.6 Å². The van der Waals surface area contributed by atoms with Crippen LogP contribution in [0.1, 0.15) is 118 Å². The maximum Gasteiger partial charge on any atom is 0.252 e. The molecule has 0 aromatic heterocycles. The number of halogens is 3. The second kappa shape index (κ2) is 25.6. The average Bonchev–Trinajstić information content (AvgIpc) is 4.19. The number of para-hydroxylation sites is 1. The van der Waals surface area contributed by atoms with E-state index >= 15 is 8.78 Å². The molecule has 15 nitrogen and oxygen atoms in total. The summed E-state index contributed by atoms with van der Waals surface area (Å²) in [5, 5.41) is 11.8. The number of nitrogens with one attached hydrogen (secondary N) is 4. The number of ketones is 2. The Morgan fingerprint density at radius 1 is 0.850 bits per heavy atom. The molecule has 8 atom stereocenters. The fourth-order valence-electron chi connectivity index (χ4n) is 12.5. The summed E-state index contributed by atoms with van der Waals surface area (Å²) in [6.07, 6.45) is 2.22. The van der Waals surface area contributed by atoms with E-state index in [2.05, 4.69) is 44.9 Å². The summed E-state index contributed by atoms with van der Waals surface area (Å²) >= 11 is 0. The van der Waals surface area contributed by atoms with Crippen LogP contribution in [0, 0.1) is 35.2 Å². The standard InChI is InChI=1S/C62H76F3N7O8/c1-6-37(2)54(73)29-48(42-19-23-79-24-20-42)60(77)72-33-43-13-16-45(28-47(43)58(72)59(76)69-57-52(64)8-7-9-53(57)65)68-56(75)18-21-66-61(78)62(5)30-50(49-27-41(12-17-51(49)62)26-40-10-14-44(63)15-11-40)55(74)35-71-32-38(3)67-31-46(71)34-70-22-25-80-36-39(70)4/h7-17,27-28,37-39,42,46,48,50,58,67H,6,18-26,29-36H2,1-5H3,(H,66,78)(H,68,75)(H,69,76)/t37-,38-,39-,46-,48+,50?,58+,62-/m1/s1. The van der Waals surface area contributed by atoms with Crippen LogP contribution in [0.2, 0.25) is 0 Å². The lowest BCUT2D eigenvalue weighted by atomic mass is 9.80. The van der Waals surface area contributed by atoms with Crippen LogP contribution in [0.3, 0.4) is 0 Å². The van der Waals surface area contributed by atoms with Crippen LogP contribution in [0.5, 0.6) is 0 Å². The normalized spacial score (nSPS) is 24.1. The minimum atomic E-state index is -1.38. The fourth-order valence-corrected chi connectivity index (χ4v) is 12.5. The first kappa shape index (κ1) is 58.3. The van der Waals surface area contributed by atoms with Gasteiger partial charge in [0.25, 0.3) is 5.91 Å². The summed E-state index contributed by atoms with van der Waals surface area (Å²) in [5.74, 6) is -6.34. The first-order chi connectivity index (χ1) is 38.4. The van der Waals surface area contributed by atoms with Crippen LogP contribution < -0.4 is 21.3 Å². The molecule has 3 saturated heterocycles. The Bertz CT molecular complexity index is 2920. The number of rotatable bonds is 20. The molecule has 0 spiro atoms. The molecule has 4 aromatic carbocycles. The van der Waals surface area contributed by atoms with Gasteiger partial charge >= 0.3 is 0 Å². The number of Topliss-reactive ketones (excluding diaryl/α,β-unsaturated/α-hetero) is 2. The average molecular weight is 1100 g/mol. The third-order valence-corrected chi connectivity index (χ3v) is 17.4. The van der Waals surface area contributed by atoms with Crippen LogP contribution in [-0.4, -0.2) is 134 Å². The molecular weight excluding hydrogens is 1030 g/mol. The largest absolute Gasteiger partial charge is 0.381 e. The summed E-state index contributed by atoms with van der Waals surface area (Å²) in [6.45, 7) is 15.2. The highest BCUT2D eigenvalue weighted by Crippen LogP contribution is 2.48. The van der Waals surface area contributed by atoms with E-state index in [9.17, 15) is 33.2 Å². The second-order valence-electron chi connectivity index (χ2n) is 23.0. The van der Waals surface area contributed by atoms with Crippen molar-refractivity contribution in [1.82, 2.24) is 25.3 Å². The van der Waals surface area contributed by atoms with Gasteiger partial charge in [-0.15, -0.1) is 0 Å². The molecule has 4 N–H and O–H groups in total. The maximum atomic E-state index is 15.0. The predicted octanol–water partition coefficient (Wildman–Crippen LogP) is 7.61. The number of piperazine rings is 1. The first-order valence-electron chi connectivity index (χ1n) is 28.5. The third-order valence-electron chi connectivity index (χ3n) is 17.4. The molecule has 4 aliphatic heterocycles. The summed E-state index contributed by atoms with van der Waals surface area (Å²) < 4.78 is 55.2. The number of hydrogen-bond donors (Lipinski definition) is 4. The number of nitrogens with zero attached hydrogens (tertiary/aromatic N) is 3. The number of ether oxygens (including phenoxy) is 2. The van der Waals surface area contributed by atoms with E-state index in [1.165, 1.54) is 23.1 Å². The molecule has 4 aromatic rings. The summed E-state index contributed by atoms with van der Waals surface area (Å²) in [7, 11) is 0. The molecule has 1 aliphatic carbocycles. The highest BCUT2D eigenvalue weighted by molar-refractivity contribution is 6.01. The molecule has 4 amide bonds. The van der Waals surface area contributed by atoms with Gasteiger partial charge in [0.05, 0.1) is 25.2 Å². The lowest BCUT2D eigenvalue weighted by Crippen LogP contribution is -2.61. The van der Waals surface area contributed by atoms with Crippen molar-refractivity contribution in [2.45, 2.75) is 122 Å². The van der Waals surface area contributed by atoms with Crippen LogP contribution in [0.25, 0.3) is 0 Å². The Balaban J connectivity index is 0.905. The summed E-state index contributed by atoms with van der Waals surface area (Å²) in [5.41, 5.74) is 2.74. The molecule has 80 heavy (non-hydrogen) atoms. The van der Waals surface area contributed by atoms with Gasteiger partial charge in [-0.3, -0.25) is 38.6 Å². The minimum Gasteiger partial charge on any atom is -0.381 e. The van der Waals surface area contributed by atoms with Crippen molar-refractivity contribution < 1.29 is 51.4 Å². The Labute approximate surface area is 467 Å². The van der Waals surface area contributed by atoms with E-state index in [0.717, 1.165) is 54.0 Å². The molecular formula is C62H76F3N7O8. The molecule has 4 heterocycles. The van der Waals surface area contributed by atoms with E-state index in [-0.39, 0.29) is 97.8 Å². The number of carbonyl (C=O) groups is 6. The zero-order chi connectivity index (χ0) is 56.8. The smallest absolute Gasteiger partial charge is 0.252 e. The highest BCUT2D eigenvalue weighted by atomic mass is 19.1. The first-order valence-corrected chi connectivity index (χ1v) is 28.5. The molecule has 0 bridgehead atoms. The van der Waals surface area contributed by atoms with E-state index in [4.69, 9.17) is 9.47 Å². The van der Waals surface area contributed by atoms with Crippen LogP contribution in [0.4, 0.5) is 24.5 Å². The maximum absolute atomic E-state index is 15.0. The lowest BCUT2D eigenvalue weighted by molar-refractivity contribution is -0.147. The molecule has 0 saturated carbocycles. The van der Waals surface area contributed by atoms with Gasteiger partial charge in [-0.25, -0.2) is 13.2 Å². The number of anilines is 2. The van der Waals surface area contributed by atoms with Gasteiger partial charge in [-0.2, -0.15) is 0 Å². The van der Waals surface area contributed by atoms with Gasteiger partial charge in [0.15, 0.2) is 5.78 Å². The second-order valence-corrected chi connectivity index (χ2v) is 23.0. The van der Waals surface area contributed by atoms with Gasteiger partial charge in [0, 0.05) is 107 Å². The van der Waals surface area contributed by atoms with Crippen LogP contribution >= 0.6 is 0 Å². The predicted molar refractivity (Wildman–Crippen MR) is 297 cm³/mol. The van der Waals surface area contributed by atoms with E-state index < -0.39 is 58.3 Å². The van der Waals surface area contributed by atoms with Gasteiger partial charge in [-0.05, 0) is 129 Å². The van der Waals surface area contributed by atoms with Gasteiger partial charge < -0.3 is 35.6 Å². The molecule has 3 fully saturated rings. The molecule has 5 aliphatic rings. The van der Waals surface area contributed by atoms with E-state index in [0.29, 0.717) is 69.8 Å². The summed E-state index contributed by atoms with van der Waals surface area (Å²) in [6, 6.07) is 19.4. The van der Waals surface area contributed by atoms with Crippen molar-refractivity contribution >= 4 is 46.6 Å². The van der Waals surface area contributed by atoms with Crippen LogP contribution in [0.15, 0.2) is 78.9 Å². The Morgan fingerprint density at radius 2 is 1.59 bits per heavy atom. The SMILES string of the molecule is CC[C@@H](C)C(=O)C[C@H](C(=O)N1Cc2ccc(NC(=O)CCNC(=O)[C@]3(C)CC(C(=O)CN4C[C@@H](C)NC[C@@H]4CN4CCOC[C@H]4C)c4cc(Cc5ccc(F)cc5)ccc43)cc2[C@H]1C(=O)Nc1c(F)cccc1F)C1CCOCC1. The molecule has 1 unspecified atom stereocenters. The molecule has 0 radical (unpaired) electrons. The molecule has 9 rings (SSSR count). The lowest BCUT2D eigenvalue weighted by Gasteiger charge is -2.43. The van der Waals surface area contributed by atoms with Crippen molar-refractivity contribution in [2.75, 3.05) is 76.3 Å². The number of amides is 4. The van der Waals surface area contributed by atoms with Crippen molar-refractivity contribution in [1.29, 1.82) is 0 Å². The highest BCUT2D eigenvalue weighted by Gasteiger charge is 2.49. The number of hydrogen-bond acceptors (Lipinski definition) is 11. The Hall–Kier alpha value is -6.31. The Morgan fingerprint density at radius 3 is 2.31 bits per heavy atom. The molecule has 18 heteroatoms. The van der Waals surface area contributed by atoms with Crippen molar-refractivity contribution in [3.05, 3.63) is 130 Å². The topological polar surface area (TPSA) is 179 Å². The quantitative estimate of drug-likeness (QED) is 0.0685. The van der Waals surface area contributed by atoms with Gasteiger partial charge in [0.2, 0.25) is 17.7 Å². The zero-order valence-corrected chi connectivity index (χ0v) is 46.6. The minimum absolute atomic E-state index is 0.0204. The van der Waals surface area contributed by atoms with Crippen molar-refractivity contribution in [3.8, 4) is 0 Å². The van der Waals surface area contributed by atoms with E-state index in [1.807, 2.05) is 39.0 Å². The molecule has 428 valence electrons. The van der Waals surface area contributed by atoms with Crippen molar-refractivity contribution in [2.24, 2.45) is 17.8 Å². The van der Waals surface area contributed by atoms with Crippen molar-refractivity contribution in [3.63, 3.8) is 0 Å². The fraction of sp³-hybridized carbons (Fsp3) is 0.516. The zero-order valence-electron chi connectivity index (χ0n) is 46.6. The van der Waals surface area contributed by atoms with E-state index in [1.54, 1.807) is 30.3 Å². The number of benzene rings is 4.